The molecule has 4 rings (SSSR count). The summed E-state index contributed by atoms with van der Waals surface area (Å²) in [4.78, 5) is 30.9. The molecule has 1 aromatic carbocycles. The first-order valence-corrected chi connectivity index (χ1v) is 11.8. The summed E-state index contributed by atoms with van der Waals surface area (Å²) in [5.74, 6) is 1.09. The molecule has 3 aromatic rings. The molecule has 0 saturated heterocycles. The van der Waals surface area contributed by atoms with Crippen molar-refractivity contribution >= 4 is 33.0 Å². The number of ether oxygens (including phenoxy) is 1. The van der Waals surface area contributed by atoms with Gasteiger partial charge in [-0.15, -0.1) is 0 Å². The fourth-order valence-corrected chi connectivity index (χ4v) is 4.99. The maximum Gasteiger partial charge on any atom is 0.332 e. The van der Waals surface area contributed by atoms with Gasteiger partial charge in [-0.25, -0.2) is 4.79 Å². The number of methoxy groups -OCH3 is 1. The average molecular weight is 522 g/mol. The molecule has 0 bridgehead atoms. The highest BCUT2D eigenvalue weighted by Gasteiger charge is 2.28. The predicted molar refractivity (Wildman–Crippen MR) is 128 cm³/mol. The molecule has 0 spiro atoms. The van der Waals surface area contributed by atoms with E-state index in [0.717, 1.165) is 27.4 Å². The third-order valence-corrected chi connectivity index (χ3v) is 6.72. The van der Waals surface area contributed by atoms with E-state index in [9.17, 15) is 19.8 Å². The molecule has 11 heteroatoms. The zero-order valence-electron chi connectivity index (χ0n) is 18.6. The van der Waals surface area contributed by atoms with Gasteiger partial charge in [0, 0.05) is 6.54 Å². The van der Waals surface area contributed by atoms with Gasteiger partial charge in [0.2, 0.25) is 5.95 Å². The van der Waals surface area contributed by atoms with E-state index in [4.69, 9.17) is 4.74 Å². The summed E-state index contributed by atoms with van der Waals surface area (Å²) in [5.41, 5.74) is 0.428. The summed E-state index contributed by atoms with van der Waals surface area (Å²) in [5, 5.41) is 23.2. The monoisotopic (exact) mass is 521 g/mol. The van der Waals surface area contributed by atoms with Crippen LogP contribution < -0.4 is 21.3 Å². The SMILES string of the molecule is CCn1c(=O)c2c(nc(N[C@@H]3CCC[C@H]3O)n2Cc2ccc(OC)c(Br)c2)n(CCO)c1=O. The second kappa shape index (κ2) is 9.70. The molecule has 10 nitrogen and oxygen atoms in total. The fourth-order valence-electron chi connectivity index (χ4n) is 4.40. The normalized spacial score (nSPS) is 18.2. The fraction of sp³-hybridized carbons (Fsp3) is 0.500. The Morgan fingerprint density at radius 1 is 1.24 bits per heavy atom. The summed E-state index contributed by atoms with van der Waals surface area (Å²) in [6.45, 7) is 1.99. The topological polar surface area (TPSA) is 124 Å². The van der Waals surface area contributed by atoms with E-state index >= 15 is 0 Å². The number of rotatable bonds is 8. The van der Waals surface area contributed by atoms with Crippen molar-refractivity contribution < 1.29 is 14.9 Å². The minimum atomic E-state index is -0.514. The Kier molecular flexibility index (Phi) is 6.91. The summed E-state index contributed by atoms with van der Waals surface area (Å²) < 4.78 is 10.3. The van der Waals surface area contributed by atoms with Gasteiger partial charge in [-0.05, 0) is 59.8 Å². The number of aliphatic hydroxyl groups is 2. The lowest BCUT2D eigenvalue weighted by atomic mass is 10.2. The van der Waals surface area contributed by atoms with Gasteiger partial charge >= 0.3 is 5.69 Å². The summed E-state index contributed by atoms with van der Waals surface area (Å²) in [6, 6.07) is 5.43. The Labute approximate surface area is 198 Å². The second-order valence-corrected chi connectivity index (χ2v) is 8.97. The van der Waals surface area contributed by atoms with Crippen LogP contribution in [-0.4, -0.2) is 54.8 Å². The van der Waals surface area contributed by atoms with Crippen molar-refractivity contribution in [2.45, 2.75) is 58.0 Å². The number of anilines is 1. The number of hydrogen-bond donors (Lipinski definition) is 3. The summed E-state index contributed by atoms with van der Waals surface area (Å²) in [7, 11) is 1.59. The quantitative estimate of drug-likeness (QED) is 0.410. The lowest BCUT2D eigenvalue weighted by molar-refractivity contribution is 0.171. The Morgan fingerprint density at radius 2 is 2.03 bits per heavy atom. The number of fused-ring (bicyclic) bond motifs is 1. The molecule has 1 aliphatic rings. The highest BCUT2D eigenvalue weighted by molar-refractivity contribution is 9.10. The van der Waals surface area contributed by atoms with E-state index in [0.29, 0.717) is 24.7 Å². The predicted octanol–water partition coefficient (Wildman–Crippen LogP) is 1.52. The smallest absolute Gasteiger partial charge is 0.332 e. The lowest BCUT2D eigenvalue weighted by Gasteiger charge is -2.18. The zero-order chi connectivity index (χ0) is 23.7. The lowest BCUT2D eigenvalue weighted by Crippen LogP contribution is -2.40. The van der Waals surface area contributed by atoms with Crippen LogP contribution in [0.1, 0.15) is 31.7 Å². The van der Waals surface area contributed by atoms with Crippen molar-refractivity contribution in [2.75, 3.05) is 19.0 Å². The zero-order valence-corrected chi connectivity index (χ0v) is 20.2. The number of imidazole rings is 1. The van der Waals surface area contributed by atoms with Crippen molar-refractivity contribution in [2.24, 2.45) is 0 Å². The molecule has 1 fully saturated rings. The maximum atomic E-state index is 13.3. The van der Waals surface area contributed by atoms with Crippen molar-refractivity contribution in [1.29, 1.82) is 0 Å². The number of aliphatic hydroxyl groups excluding tert-OH is 2. The maximum absolute atomic E-state index is 13.3. The molecule has 33 heavy (non-hydrogen) atoms. The van der Waals surface area contributed by atoms with Gasteiger partial charge in [0.25, 0.3) is 5.56 Å². The van der Waals surface area contributed by atoms with E-state index in [1.165, 1.54) is 4.57 Å². The molecule has 0 amide bonds. The van der Waals surface area contributed by atoms with Crippen LogP contribution in [0.3, 0.4) is 0 Å². The largest absolute Gasteiger partial charge is 0.496 e. The Morgan fingerprint density at radius 3 is 2.64 bits per heavy atom. The molecule has 0 aliphatic heterocycles. The molecule has 1 aliphatic carbocycles. The standard InChI is InChI=1S/C22H28BrN5O5/c1-3-26-20(31)18-19(27(9-10-29)22(26)32)25-21(24-15-5-4-6-16(15)30)28(18)12-13-7-8-17(33-2)14(23)11-13/h7-8,11,15-16,29-30H,3-6,9-10,12H2,1-2H3,(H,24,25)/t15-,16-/m1/s1. The van der Waals surface area contributed by atoms with E-state index < -0.39 is 17.4 Å². The number of halogens is 1. The van der Waals surface area contributed by atoms with E-state index in [2.05, 4.69) is 26.2 Å². The highest BCUT2D eigenvalue weighted by atomic mass is 79.9. The summed E-state index contributed by atoms with van der Waals surface area (Å²) >= 11 is 3.50. The summed E-state index contributed by atoms with van der Waals surface area (Å²) in [6.07, 6.45) is 1.85. The van der Waals surface area contributed by atoms with Crippen molar-refractivity contribution in [3.05, 3.63) is 49.1 Å². The molecule has 2 aromatic heterocycles. The average Bonchev–Trinajstić information content (AvgIpc) is 3.35. The highest BCUT2D eigenvalue weighted by Crippen LogP contribution is 2.28. The van der Waals surface area contributed by atoms with E-state index in [1.807, 2.05) is 18.2 Å². The third kappa shape index (κ3) is 4.32. The number of benzene rings is 1. The molecule has 2 heterocycles. The Hall–Kier alpha value is -2.63. The second-order valence-electron chi connectivity index (χ2n) is 8.12. The van der Waals surface area contributed by atoms with Gasteiger partial charge in [0.1, 0.15) is 5.75 Å². The van der Waals surface area contributed by atoms with E-state index in [-0.39, 0.29) is 36.9 Å². The molecule has 2 atom stereocenters. The molecular formula is C22H28BrN5O5. The molecule has 1 saturated carbocycles. The van der Waals surface area contributed by atoms with Crippen LogP contribution in [0.25, 0.3) is 11.2 Å². The first kappa shape index (κ1) is 23.5. The van der Waals surface area contributed by atoms with Crippen molar-refractivity contribution in [3.8, 4) is 5.75 Å². The number of nitrogens with zero attached hydrogens (tertiary/aromatic N) is 4. The van der Waals surface area contributed by atoms with Crippen LogP contribution in [0.15, 0.2) is 32.3 Å². The Balaban J connectivity index is 1.93. The first-order valence-electron chi connectivity index (χ1n) is 11.0. The van der Waals surface area contributed by atoms with Crippen LogP contribution in [0, 0.1) is 0 Å². The van der Waals surface area contributed by atoms with Crippen LogP contribution in [-0.2, 0) is 19.6 Å². The van der Waals surface area contributed by atoms with Gasteiger partial charge in [0.05, 0.1) is 43.4 Å². The third-order valence-electron chi connectivity index (χ3n) is 6.11. The van der Waals surface area contributed by atoms with Gasteiger partial charge in [0.15, 0.2) is 11.2 Å². The van der Waals surface area contributed by atoms with Crippen LogP contribution in [0.2, 0.25) is 0 Å². The van der Waals surface area contributed by atoms with Gasteiger partial charge < -0.3 is 20.3 Å². The van der Waals surface area contributed by atoms with Gasteiger partial charge in [-0.3, -0.25) is 18.5 Å². The molecule has 178 valence electrons. The van der Waals surface area contributed by atoms with E-state index in [1.54, 1.807) is 18.6 Å². The van der Waals surface area contributed by atoms with Crippen LogP contribution in [0.4, 0.5) is 5.95 Å². The molecule has 3 N–H and O–H groups in total. The number of aromatic nitrogens is 4. The molecular weight excluding hydrogens is 494 g/mol. The van der Waals surface area contributed by atoms with Crippen LogP contribution >= 0.6 is 15.9 Å². The number of hydrogen-bond acceptors (Lipinski definition) is 7. The minimum Gasteiger partial charge on any atom is -0.496 e. The van der Waals surface area contributed by atoms with Crippen molar-refractivity contribution in [1.82, 2.24) is 18.7 Å². The molecule has 0 radical (unpaired) electrons. The van der Waals surface area contributed by atoms with Crippen LogP contribution in [0.5, 0.6) is 5.75 Å². The number of nitrogens with one attached hydrogen (secondary N) is 1. The van der Waals surface area contributed by atoms with Gasteiger partial charge in [-0.2, -0.15) is 4.98 Å². The first-order chi connectivity index (χ1) is 15.9. The van der Waals surface area contributed by atoms with Crippen molar-refractivity contribution in [3.63, 3.8) is 0 Å². The minimum absolute atomic E-state index is 0.0200. The molecule has 0 unspecified atom stereocenters. The Bertz CT molecular complexity index is 1280. The van der Waals surface area contributed by atoms with Gasteiger partial charge in [-0.1, -0.05) is 6.07 Å².